The minimum absolute atomic E-state index is 0.0555. The van der Waals surface area contributed by atoms with E-state index in [0.29, 0.717) is 6.42 Å². The second-order valence-corrected chi connectivity index (χ2v) is 3.56. The highest BCUT2D eigenvalue weighted by Gasteiger charge is 2.03. The van der Waals surface area contributed by atoms with E-state index in [1.54, 1.807) is 0 Å². The zero-order chi connectivity index (χ0) is 10.7. The molecule has 2 heteroatoms. The van der Waals surface area contributed by atoms with Crippen LogP contribution in [0.2, 0.25) is 0 Å². The van der Waals surface area contributed by atoms with Gasteiger partial charge < -0.3 is 10.2 Å². The van der Waals surface area contributed by atoms with Gasteiger partial charge in [0.05, 0.1) is 6.61 Å². The molecule has 0 aromatic heterocycles. The fraction of sp³-hybridized carbons (Fsp3) is 0.231. The average molecular weight is 202 g/mol. The zero-order valence-electron chi connectivity index (χ0n) is 8.48. The minimum atomic E-state index is 0.0555. The number of hydrogen-bond donors (Lipinski definition) is 2. The van der Waals surface area contributed by atoms with Crippen LogP contribution in [-0.2, 0) is 13.0 Å². The maximum absolute atomic E-state index is 9.21. The van der Waals surface area contributed by atoms with E-state index in [-0.39, 0.29) is 13.2 Å². The highest BCUT2D eigenvalue weighted by molar-refractivity contribution is 5.88. The Balaban J connectivity index is 2.66. The van der Waals surface area contributed by atoms with E-state index in [1.165, 1.54) is 0 Å². The lowest BCUT2D eigenvalue weighted by Crippen LogP contribution is -1.94. The molecule has 0 saturated heterocycles. The standard InChI is InChI=1S/C13H14O2/c14-8-7-10-5-6-11(9-15)13-4-2-1-3-12(10)13/h1-6,14-15H,7-9H2. The number of benzene rings is 2. The van der Waals surface area contributed by atoms with Gasteiger partial charge in [-0.05, 0) is 28.3 Å². The van der Waals surface area contributed by atoms with Crippen molar-refractivity contribution in [2.75, 3.05) is 6.61 Å². The number of aliphatic hydroxyl groups is 2. The molecular formula is C13H14O2. The Morgan fingerprint density at radius 1 is 0.800 bits per heavy atom. The molecule has 15 heavy (non-hydrogen) atoms. The fourth-order valence-corrected chi connectivity index (χ4v) is 1.90. The summed E-state index contributed by atoms with van der Waals surface area (Å²) in [6, 6.07) is 11.9. The Hall–Kier alpha value is -1.38. The maximum atomic E-state index is 9.21. The van der Waals surface area contributed by atoms with E-state index in [4.69, 9.17) is 5.11 Å². The van der Waals surface area contributed by atoms with Crippen LogP contribution in [0.25, 0.3) is 10.8 Å². The van der Waals surface area contributed by atoms with Crippen molar-refractivity contribution in [3.63, 3.8) is 0 Å². The van der Waals surface area contributed by atoms with E-state index in [9.17, 15) is 5.11 Å². The van der Waals surface area contributed by atoms with E-state index < -0.39 is 0 Å². The molecule has 0 atom stereocenters. The summed E-state index contributed by atoms with van der Waals surface area (Å²) in [6.07, 6.45) is 0.659. The molecule has 2 nitrogen and oxygen atoms in total. The van der Waals surface area contributed by atoms with Crippen LogP contribution in [0, 0.1) is 0 Å². The van der Waals surface area contributed by atoms with Gasteiger partial charge in [-0.2, -0.15) is 0 Å². The summed E-state index contributed by atoms with van der Waals surface area (Å²) >= 11 is 0. The van der Waals surface area contributed by atoms with Crippen LogP contribution in [0.1, 0.15) is 11.1 Å². The Kier molecular flexibility index (Phi) is 2.99. The zero-order valence-corrected chi connectivity index (χ0v) is 8.48. The van der Waals surface area contributed by atoms with Crippen molar-refractivity contribution in [2.45, 2.75) is 13.0 Å². The van der Waals surface area contributed by atoms with Crippen molar-refractivity contribution in [1.29, 1.82) is 0 Å². The molecular weight excluding hydrogens is 188 g/mol. The first-order chi connectivity index (χ1) is 7.36. The molecule has 0 heterocycles. The summed E-state index contributed by atoms with van der Waals surface area (Å²) in [6.45, 7) is 0.211. The van der Waals surface area contributed by atoms with Crippen LogP contribution in [0.3, 0.4) is 0 Å². The molecule has 0 radical (unpaired) electrons. The summed E-state index contributed by atoms with van der Waals surface area (Å²) in [5.74, 6) is 0. The summed E-state index contributed by atoms with van der Waals surface area (Å²) in [7, 11) is 0. The Bertz CT molecular complexity index is 463. The summed E-state index contributed by atoms with van der Waals surface area (Å²) in [5.41, 5.74) is 2.07. The minimum Gasteiger partial charge on any atom is -0.396 e. The molecule has 0 amide bonds. The first-order valence-electron chi connectivity index (χ1n) is 5.08. The van der Waals surface area contributed by atoms with Crippen LogP contribution in [0.4, 0.5) is 0 Å². The van der Waals surface area contributed by atoms with Gasteiger partial charge in [-0.15, -0.1) is 0 Å². The summed E-state index contributed by atoms with van der Waals surface area (Å²) < 4.78 is 0. The molecule has 2 rings (SSSR count). The van der Waals surface area contributed by atoms with Crippen molar-refractivity contribution < 1.29 is 10.2 Å². The third-order valence-corrected chi connectivity index (χ3v) is 2.66. The molecule has 0 bridgehead atoms. The molecule has 2 aromatic rings. The quantitative estimate of drug-likeness (QED) is 0.797. The Morgan fingerprint density at radius 3 is 2.00 bits per heavy atom. The largest absolute Gasteiger partial charge is 0.396 e. The van der Waals surface area contributed by atoms with Crippen molar-refractivity contribution in [3.05, 3.63) is 47.5 Å². The third-order valence-electron chi connectivity index (χ3n) is 2.66. The van der Waals surface area contributed by atoms with Gasteiger partial charge in [0.15, 0.2) is 0 Å². The highest BCUT2D eigenvalue weighted by atomic mass is 16.3. The Morgan fingerprint density at radius 2 is 1.40 bits per heavy atom. The van der Waals surface area contributed by atoms with Gasteiger partial charge >= 0.3 is 0 Å². The SMILES string of the molecule is OCCc1ccc(CO)c2ccccc12. The smallest absolute Gasteiger partial charge is 0.0687 e. The molecule has 0 aliphatic carbocycles. The van der Waals surface area contributed by atoms with Gasteiger partial charge in [0.25, 0.3) is 0 Å². The van der Waals surface area contributed by atoms with Crippen molar-refractivity contribution >= 4 is 10.8 Å². The van der Waals surface area contributed by atoms with E-state index in [0.717, 1.165) is 21.9 Å². The number of fused-ring (bicyclic) bond motifs is 1. The fourth-order valence-electron chi connectivity index (χ4n) is 1.90. The van der Waals surface area contributed by atoms with Crippen LogP contribution in [0.5, 0.6) is 0 Å². The maximum Gasteiger partial charge on any atom is 0.0687 e. The van der Waals surface area contributed by atoms with Crippen LogP contribution in [-0.4, -0.2) is 16.8 Å². The molecule has 0 aliphatic heterocycles. The van der Waals surface area contributed by atoms with Gasteiger partial charge in [0.1, 0.15) is 0 Å². The number of rotatable bonds is 3. The normalized spacial score (nSPS) is 10.8. The predicted molar refractivity (Wildman–Crippen MR) is 60.7 cm³/mol. The predicted octanol–water partition coefficient (Wildman–Crippen LogP) is 1.87. The summed E-state index contributed by atoms with van der Waals surface area (Å²) in [4.78, 5) is 0. The van der Waals surface area contributed by atoms with E-state index in [1.807, 2.05) is 36.4 Å². The van der Waals surface area contributed by atoms with Crippen molar-refractivity contribution in [2.24, 2.45) is 0 Å². The molecule has 78 valence electrons. The lowest BCUT2D eigenvalue weighted by Gasteiger charge is -2.08. The molecule has 2 N–H and O–H groups in total. The molecule has 0 fully saturated rings. The molecule has 0 aliphatic rings. The lowest BCUT2D eigenvalue weighted by molar-refractivity contribution is 0.283. The van der Waals surface area contributed by atoms with Gasteiger partial charge in [-0.25, -0.2) is 0 Å². The van der Waals surface area contributed by atoms with Crippen LogP contribution >= 0.6 is 0 Å². The second-order valence-electron chi connectivity index (χ2n) is 3.56. The second kappa shape index (κ2) is 4.43. The molecule has 0 spiro atoms. The number of hydrogen-bond acceptors (Lipinski definition) is 2. The lowest BCUT2D eigenvalue weighted by atomic mass is 9.98. The van der Waals surface area contributed by atoms with Crippen LogP contribution < -0.4 is 0 Å². The van der Waals surface area contributed by atoms with Gasteiger partial charge in [0.2, 0.25) is 0 Å². The average Bonchev–Trinajstić information content (AvgIpc) is 2.30. The molecule has 0 saturated carbocycles. The van der Waals surface area contributed by atoms with Crippen molar-refractivity contribution in [1.82, 2.24) is 0 Å². The topological polar surface area (TPSA) is 40.5 Å². The first-order valence-corrected chi connectivity index (χ1v) is 5.08. The first kappa shape index (κ1) is 10.1. The summed E-state index contributed by atoms with van der Waals surface area (Å²) in [5, 5.41) is 20.4. The Labute approximate surface area is 88.8 Å². The van der Waals surface area contributed by atoms with Crippen molar-refractivity contribution in [3.8, 4) is 0 Å². The molecule has 0 unspecified atom stereocenters. The molecule has 2 aromatic carbocycles. The van der Waals surface area contributed by atoms with Gasteiger partial charge in [-0.3, -0.25) is 0 Å². The monoisotopic (exact) mass is 202 g/mol. The van der Waals surface area contributed by atoms with E-state index >= 15 is 0 Å². The van der Waals surface area contributed by atoms with Gasteiger partial charge in [-0.1, -0.05) is 36.4 Å². The number of aliphatic hydroxyl groups excluding tert-OH is 2. The highest BCUT2D eigenvalue weighted by Crippen LogP contribution is 2.23. The van der Waals surface area contributed by atoms with Gasteiger partial charge in [0, 0.05) is 6.61 Å². The third kappa shape index (κ3) is 1.87. The van der Waals surface area contributed by atoms with Crippen LogP contribution in [0.15, 0.2) is 36.4 Å². The van der Waals surface area contributed by atoms with E-state index in [2.05, 4.69) is 0 Å².